The summed E-state index contributed by atoms with van der Waals surface area (Å²) in [4.78, 5) is 17.0. The second-order valence-electron chi connectivity index (χ2n) is 2.98. The van der Waals surface area contributed by atoms with Crippen LogP contribution in [-0.4, -0.2) is 21.9 Å². The molecule has 3 heterocycles. The largest absolute Gasteiger partial charge is 0.235 e. The minimum atomic E-state index is 0.694. The smallest absolute Gasteiger partial charge is 0.179 e. The van der Waals surface area contributed by atoms with Crippen LogP contribution in [0.5, 0.6) is 0 Å². The lowest BCUT2D eigenvalue weighted by molar-refractivity contribution is 1.10. The highest BCUT2D eigenvalue weighted by molar-refractivity contribution is 6.12. The van der Waals surface area contributed by atoms with Crippen LogP contribution in [0.15, 0.2) is 9.98 Å². The minimum Gasteiger partial charge on any atom is -0.235 e. The van der Waals surface area contributed by atoms with Gasteiger partial charge in [-0.05, 0) is 19.1 Å². The van der Waals surface area contributed by atoms with E-state index in [2.05, 4.69) is 20.0 Å². The van der Waals surface area contributed by atoms with Crippen LogP contribution in [0.3, 0.4) is 0 Å². The zero-order valence-electron chi connectivity index (χ0n) is 7.02. The molecule has 0 atom stereocenters. The maximum absolute atomic E-state index is 4.32. The summed E-state index contributed by atoms with van der Waals surface area (Å²) >= 11 is 0. The Kier molecular flexibility index (Phi) is 1.07. The fourth-order valence-electron chi connectivity index (χ4n) is 1.40. The van der Waals surface area contributed by atoms with Crippen molar-refractivity contribution in [2.24, 2.45) is 9.98 Å². The van der Waals surface area contributed by atoms with Gasteiger partial charge in [0.1, 0.15) is 10.7 Å². The molecule has 0 amide bonds. The molecule has 0 bridgehead atoms. The van der Waals surface area contributed by atoms with E-state index in [1.54, 1.807) is 6.21 Å². The molecule has 0 aliphatic carbocycles. The Balaban J connectivity index is 2.42. The average Bonchev–Trinajstić information content (AvgIpc) is 2.63. The Labute approximate surface area is 74.1 Å². The van der Waals surface area contributed by atoms with Crippen LogP contribution in [0.25, 0.3) is 12.2 Å². The van der Waals surface area contributed by atoms with E-state index in [0.29, 0.717) is 11.6 Å². The second kappa shape index (κ2) is 2.10. The van der Waals surface area contributed by atoms with E-state index in [1.165, 1.54) is 0 Å². The summed E-state index contributed by atoms with van der Waals surface area (Å²) in [5, 5.41) is 1.63. The van der Waals surface area contributed by atoms with Crippen molar-refractivity contribution in [2.45, 2.75) is 6.92 Å². The van der Waals surface area contributed by atoms with Crippen molar-refractivity contribution in [1.29, 1.82) is 0 Å². The summed E-state index contributed by atoms with van der Waals surface area (Å²) in [7, 11) is 0. The van der Waals surface area contributed by atoms with Gasteiger partial charge in [-0.15, -0.1) is 0 Å². The van der Waals surface area contributed by atoms with Crippen molar-refractivity contribution in [2.75, 3.05) is 0 Å². The molecule has 2 aliphatic rings. The van der Waals surface area contributed by atoms with Crippen LogP contribution >= 0.6 is 0 Å². The molecule has 2 aliphatic heterocycles. The van der Waals surface area contributed by atoms with Crippen LogP contribution < -0.4 is 10.7 Å². The predicted molar refractivity (Wildman–Crippen MR) is 51.1 cm³/mol. The number of fused-ring (bicyclic) bond motifs is 2. The van der Waals surface area contributed by atoms with E-state index in [0.717, 1.165) is 16.4 Å². The van der Waals surface area contributed by atoms with Gasteiger partial charge in [-0.1, -0.05) is 0 Å². The SMILES string of the molecule is CC1=Nc2nc3c(nc2=C1)N=CC=3. The molecule has 1 aromatic heterocycles. The molecule has 13 heavy (non-hydrogen) atoms. The third kappa shape index (κ3) is 0.853. The van der Waals surface area contributed by atoms with E-state index in [1.807, 2.05) is 19.1 Å². The first kappa shape index (κ1) is 6.65. The summed E-state index contributed by atoms with van der Waals surface area (Å²) in [6.45, 7) is 1.93. The maximum atomic E-state index is 4.32. The molecule has 4 heteroatoms. The number of rotatable bonds is 0. The van der Waals surface area contributed by atoms with Crippen molar-refractivity contribution < 1.29 is 0 Å². The molecule has 1 aromatic rings. The molecule has 0 radical (unpaired) electrons. The Morgan fingerprint density at radius 1 is 1.08 bits per heavy atom. The van der Waals surface area contributed by atoms with E-state index < -0.39 is 0 Å². The van der Waals surface area contributed by atoms with Crippen LogP contribution in [0, 0.1) is 0 Å². The quantitative estimate of drug-likeness (QED) is 0.544. The number of hydrogen-bond acceptors (Lipinski definition) is 4. The van der Waals surface area contributed by atoms with Crippen LogP contribution in [0.1, 0.15) is 6.92 Å². The van der Waals surface area contributed by atoms with Gasteiger partial charge >= 0.3 is 0 Å². The molecule has 0 spiro atoms. The number of hydrogen-bond donors (Lipinski definition) is 0. The third-order valence-electron chi connectivity index (χ3n) is 1.97. The first-order valence-electron chi connectivity index (χ1n) is 4.02. The van der Waals surface area contributed by atoms with Gasteiger partial charge < -0.3 is 0 Å². The van der Waals surface area contributed by atoms with Crippen molar-refractivity contribution in [1.82, 2.24) is 9.97 Å². The lowest BCUT2D eigenvalue weighted by atomic mass is 10.4. The highest BCUT2D eigenvalue weighted by atomic mass is 15.0. The number of nitrogens with zero attached hydrogens (tertiary/aromatic N) is 4. The Hall–Kier alpha value is -1.84. The fraction of sp³-hybridized carbons (Fsp3) is 0.111. The Morgan fingerprint density at radius 3 is 2.85 bits per heavy atom. The van der Waals surface area contributed by atoms with Gasteiger partial charge in [0, 0.05) is 11.9 Å². The van der Waals surface area contributed by atoms with Crippen molar-refractivity contribution >= 4 is 35.7 Å². The van der Waals surface area contributed by atoms with Crippen molar-refractivity contribution in [3.05, 3.63) is 10.7 Å². The first-order valence-corrected chi connectivity index (χ1v) is 4.02. The minimum absolute atomic E-state index is 0.694. The molecule has 0 N–H and O–H groups in total. The molecular formula is C9H6N4. The molecule has 0 unspecified atom stereocenters. The molecule has 0 saturated heterocycles. The van der Waals surface area contributed by atoms with Crippen molar-refractivity contribution in [3.63, 3.8) is 0 Å². The van der Waals surface area contributed by atoms with Gasteiger partial charge in [0.15, 0.2) is 11.6 Å². The van der Waals surface area contributed by atoms with Gasteiger partial charge in [-0.25, -0.2) is 20.0 Å². The summed E-state index contributed by atoms with van der Waals surface area (Å²) in [5.74, 6) is 1.40. The van der Waals surface area contributed by atoms with Crippen LogP contribution in [-0.2, 0) is 0 Å². The predicted octanol–water partition coefficient (Wildman–Crippen LogP) is -0.141. The summed E-state index contributed by atoms with van der Waals surface area (Å²) < 4.78 is 0. The molecule has 0 aromatic carbocycles. The second-order valence-corrected chi connectivity index (χ2v) is 2.98. The zero-order valence-corrected chi connectivity index (χ0v) is 7.02. The van der Waals surface area contributed by atoms with Crippen LogP contribution in [0.2, 0.25) is 0 Å². The van der Waals surface area contributed by atoms with Gasteiger partial charge in [-0.2, -0.15) is 0 Å². The van der Waals surface area contributed by atoms with E-state index in [-0.39, 0.29) is 0 Å². The van der Waals surface area contributed by atoms with E-state index >= 15 is 0 Å². The average molecular weight is 170 g/mol. The first-order chi connectivity index (χ1) is 6.33. The molecule has 62 valence electrons. The Bertz CT molecular complexity index is 566. The lowest BCUT2D eigenvalue weighted by Crippen LogP contribution is -2.16. The maximum Gasteiger partial charge on any atom is 0.179 e. The normalized spacial score (nSPS) is 15.9. The van der Waals surface area contributed by atoms with Gasteiger partial charge in [0.05, 0.1) is 0 Å². The molecule has 4 nitrogen and oxygen atoms in total. The molecule has 3 rings (SSSR count). The monoisotopic (exact) mass is 170 g/mol. The zero-order chi connectivity index (χ0) is 8.84. The lowest BCUT2D eigenvalue weighted by Gasteiger charge is -1.91. The van der Waals surface area contributed by atoms with E-state index in [4.69, 9.17) is 0 Å². The summed E-state index contributed by atoms with van der Waals surface area (Å²) in [6.07, 6.45) is 5.46. The van der Waals surface area contributed by atoms with Gasteiger partial charge in [0.25, 0.3) is 0 Å². The van der Waals surface area contributed by atoms with Gasteiger partial charge in [0.2, 0.25) is 0 Å². The Morgan fingerprint density at radius 2 is 1.92 bits per heavy atom. The topological polar surface area (TPSA) is 50.5 Å². The highest BCUT2D eigenvalue weighted by Gasteiger charge is 2.09. The molecular weight excluding hydrogens is 164 g/mol. The third-order valence-corrected chi connectivity index (χ3v) is 1.97. The van der Waals surface area contributed by atoms with Crippen molar-refractivity contribution in [3.8, 4) is 0 Å². The standard InChI is InChI=1S/C9H6N4/c1-5-4-7-9(11-5)12-6-2-3-10-8(6)13-7/h2-4H,1H3. The van der Waals surface area contributed by atoms with Crippen LogP contribution in [0.4, 0.5) is 11.6 Å². The van der Waals surface area contributed by atoms with Gasteiger partial charge in [-0.3, -0.25) is 0 Å². The van der Waals surface area contributed by atoms with E-state index in [9.17, 15) is 0 Å². The fourth-order valence-corrected chi connectivity index (χ4v) is 1.40. The molecule has 0 saturated carbocycles. The number of aromatic nitrogens is 2. The molecule has 0 fully saturated rings. The summed E-state index contributed by atoms with van der Waals surface area (Å²) in [6, 6.07) is 0. The summed E-state index contributed by atoms with van der Waals surface area (Å²) in [5.41, 5.74) is 0.947. The highest BCUT2D eigenvalue weighted by Crippen LogP contribution is 2.07. The number of aliphatic imine (C=N–C) groups is 2.